The summed E-state index contributed by atoms with van der Waals surface area (Å²) in [5.74, 6) is 1.64. The molecule has 1 unspecified atom stereocenters. The normalized spacial score (nSPS) is 18.5. The number of aromatic nitrogens is 2. The van der Waals surface area contributed by atoms with Crippen LogP contribution in [0.3, 0.4) is 0 Å². The first kappa shape index (κ1) is 16.3. The molecule has 124 valence electrons. The smallest absolute Gasteiger partial charge is 0.232 e. The molecule has 1 N–H and O–H groups in total. The molecule has 1 amide bonds. The molecule has 2 aromatic heterocycles. The average molecular weight is 333 g/mol. The number of hydrogen-bond acceptors (Lipinski definition) is 4. The third-order valence-corrected chi connectivity index (χ3v) is 5.21. The molecule has 0 aromatic carbocycles. The summed E-state index contributed by atoms with van der Waals surface area (Å²) in [5.41, 5.74) is 3.15. The predicted octanol–water partition coefficient (Wildman–Crippen LogP) is 2.11. The molecular formula is C17H23N3O2S. The van der Waals surface area contributed by atoms with Crippen LogP contribution in [0.5, 0.6) is 0 Å². The largest absolute Gasteiger partial charge is 0.396 e. The summed E-state index contributed by atoms with van der Waals surface area (Å²) in [6, 6.07) is 4.06. The van der Waals surface area contributed by atoms with E-state index in [9.17, 15) is 9.90 Å². The van der Waals surface area contributed by atoms with Crippen molar-refractivity contribution >= 4 is 23.3 Å². The Hall–Kier alpha value is -1.53. The number of carbonyl (C=O) groups is 1. The van der Waals surface area contributed by atoms with E-state index in [-0.39, 0.29) is 18.4 Å². The lowest BCUT2D eigenvalue weighted by atomic mass is 9.99. The molecule has 0 radical (unpaired) electrons. The standard InChI is InChI=1S/C17H23N3O2S/c1-13-4-5-16-18-15(9-20(16)7-13)11-23-12-17(22)19-6-2-3-14(8-19)10-21/h4-5,7,9,14,21H,2-3,6,8,10-12H2,1H3. The minimum Gasteiger partial charge on any atom is -0.396 e. The fourth-order valence-corrected chi connectivity index (χ4v) is 3.81. The number of carbonyl (C=O) groups excluding carboxylic acids is 1. The van der Waals surface area contributed by atoms with Crippen molar-refractivity contribution in [2.24, 2.45) is 5.92 Å². The van der Waals surface area contributed by atoms with E-state index in [1.807, 2.05) is 21.6 Å². The molecule has 1 fully saturated rings. The third kappa shape index (κ3) is 4.06. The van der Waals surface area contributed by atoms with E-state index in [2.05, 4.69) is 24.2 Å². The summed E-state index contributed by atoms with van der Waals surface area (Å²) in [4.78, 5) is 18.7. The van der Waals surface area contributed by atoms with Gasteiger partial charge in [-0.25, -0.2) is 4.98 Å². The minimum atomic E-state index is 0.174. The number of pyridine rings is 1. The van der Waals surface area contributed by atoms with E-state index >= 15 is 0 Å². The van der Waals surface area contributed by atoms with Crippen molar-refractivity contribution < 1.29 is 9.90 Å². The van der Waals surface area contributed by atoms with Gasteiger partial charge in [-0.2, -0.15) is 0 Å². The van der Waals surface area contributed by atoms with Gasteiger partial charge in [0.1, 0.15) is 5.65 Å². The average Bonchev–Trinajstić information content (AvgIpc) is 2.96. The molecule has 6 heteroatoms. The van der Waals surface area contributed by atoms with Gasteiger partial charge in [0, 0.05) is 37.8 Å². The Morgan fingerprint density at radius 2 is 2.30 bits per heavy atom. The van der Waals surface area contributed by atoms with Gasteiger partial charge < -0.3 is 14.4 Å². The van der Waals surface area contributed by atoms with Crippen molar-refractivity contribution in [3.05, 3.63) is 35.8 Å². The van der Waals surface area contributed by atoms with E-state index < -0.39 is 0 Å². The highest BCUT2D eigenvalue weighted by Crippen LogP contribution is 2.18. The Labute approximate surface area is 140 Å². The number of hydrogen-bond donors (Lipinski definition) is 1. The highest BCUT2D eigenvalue weighted by molar-refractivity contribution is 7.99. The van der Waals surface area contributed by atoms with Gasteiger partial charge >= 0.3 is 0 Å². The molecule has 23 heavy (non-hydrogen) atoms. The first-order chi connectivity index (χ1) is 11.2. The summed E-state index contributed by atoms with van der Waals surface area (Å²) >= 11 is 1.61. The van der Waals surface area contributed by atoms with Crippen molar-refractivity contribution in [1.29, 1.82) is 0 Å². The van der Waals surface area contributed by atoms with Crippen molar-refractivity contribution in [2.75, 3.05) is 25.4 Å². The molecule has 1 atom stereocenters. The third-order valence-electron chi connectivity index (χ3n) is 4.25. The lowest BCUT2D eigenvalue weighted by molar-refractivity contribution is -0.130. The maximum Gasteiger partial charge on any atom is 0.232 e. The molecular weight excluding hydrogens is 310 g/mol. The lowest BCUT2D eigenvalue weighted by Gasteiger charge is -2.31. The second kappa shape index (κ2) is 7.36. The number of rotatable bonds is 5. The molecule has 1 saturated heterocycles. The Balaban J connectivity index is 1.51. The van der Waals surface area contributed by atoms with Gasteiger partial charge in [-0.3, -0.25) is 4.79 Å². The fourth-order valence-electron chi connectivity index (χ4n) is 3.00. The van der Waals surface area contributed by atoms with E-state index in [4.69, 9.17) is 0 Å². The van der Waals surface area contributed by atoms with Crippen LogP contribution in [-0.4, -0.2) is 50.7 Å². The number of fused-ring (bicyclic) bond motifs is 1. The van der Waals surface area contributed by atoms with Gasteiger partial charge in [-0.15, -0.1) is 11.8 Å². The summed E-state index contributed by atoms with van der Waals surface area (Å²) in [7, 11) is 0. The van der Waals surface area contributed by atoms with Crippen LogP contribution >= 0.6 is 11.8 Å². The van der Waals surface area contributed by atoms with Crippen molar-refractivity contribution in [2.45, 2.75) is 25.5 Å². The summed E-state index contributed by atoms with van der Waals surface area (Å²) in [5, 5.41) is 9.25. The van der Waals surface area contributed by atoms with Gasteiger partial charge in [0.15, 0.2) is 0 Å². The molecule has 2 aromatic rings. The van der Waals surface area contributed by atoms with Gasteiger partial charge in [-0.05, 0) is 37.3 Å². The lowest BCUT2D eigenvalue weighted by Crippen LogP contribution is -2.41. The van der Waals surface area contributed by atoms with Crippen LogP contribution in [0, 0.1) is 12.8 Å². The second-order valence-corrected chi connectivity index (χ2v) is 7.21. The highest BCUT2D eigenvalue weighted by Gasteiger charge is 2.22. The molecule has 0 spiro atoms. The van der Waals surface area contributed by atoms with Crippen LogP contribution in [0.1, 0.15) is 24.1 Å². The molecule has 3 heterocycles. The van der Waals surface area contributed by atoms with E-state index in [0.717, 1.165) is 36.5 Å². The number of thioether (sulfide) groups is 1. The zero-order valence-electron chi connectivity index (χ0n) is 13.4. The number of amides is 1. The van der Waals surface area contributed by atoms with Gasteiger partial charge in [0.2, 0.25) is 5.91 Å². The van der Waals surface area contributed by atoms with Crippen LogP contribution in [0.25, 0.3) is 5.65 Å². The number of aliphatic hydroxyl groups is 1. The van der Waals surface area contributed by atoms with Crippen LogP contribution in [-0.2, 0) is 10.5 Å². The fraction of sp³-hybridized carbons (Fsp3) is 0.529. The zero-order chi connectivity index (χ0) is 16.2. The van der Waals surface area contributed by atoms with E-state index in [1.54, 1.807) is 11.8 Å². The maximum absolute atomic E-state index is 12.3. The summed E-state index contributed by atoms with van der Waals surface area (Å²) in [6.07, 6.45) is 6.11. The maximum atomic E-state index is 12.3. The van der Waals surface area contributed by atoms with E-state index in [1.165, 1.54) is 5.56 Å². The Bertz CT molecular complexity index is 686. The molecule has 0 saturated carbocycles. The van der Waals surface area contributed by atoms with Gasteiger partial charge in [-0.1, -0.05) is 6.07 Å². The summed E-state index contributed by atoms with van der Waals surface area (Å²) in [6.45, 7) is 3.76. The van der Waals surface area contributed by atoms with E-state index in [0.29, 0.717) is 12.3 Å². The van der Waals surface area contributed by atoms with Crippen molar-refractivity contribution in [3.8, 4) is 0 Å². The second-order valence-electron chi connectivity index (χ2n) is 6.23. The number of imidazole rings is 1. The highest BCUT2D eigenvalue weighted by atomic mass is 32.2. The number of aliphatic hydroxyl groups excluding tert-OH is 1. The molecule has 0 aliphatic carbocycles. The topological polar surface area (TPSA) is 57.8 Å². The van der Waals surface area contributed by atoms with Gasteiger partial charge in [0.25, 0.3) is 0 Å². The first-order valence-electron chi connectivity index (χ1n) is 8.06. The summed E-state index contributed by atoms with van der Waals surface area (Å²) < 4.78 is 2.03. The molecule has 5 nitrogen and oxygen atoms in total. The Morgan fingerprint density at radius 1 is 1.43 bits per heavy atom. The van der Waals surface area contributed by atoms with Gasteiger partial charge in [0.05, 0.1) is 11.4 Å². The number of nitrogens with zero attached hydrogens (tertiary/aromatic N) is 3. The number of likely N-dealkylation sites (tertiary alicyclic amines) is 1. The van der Waals surface area contributed by atoms with Crippen LogP contribution in [0.2, 0.25) is 0 Å². The molecule has 3 rings (SSSR count). The monoisotopic (exact) mass is 333 g/mol. The minimum absolute atomic E-state index is 0.174. The molecule has 1 aliphatic rings. The Kier molecular flexibility index (Phi) is 5.23. The quantitative estimate of drug-likeness (QED) is 0.910. The van der Waals surface area contributed by atoms with Crippen LogP contribution in [0.15, 0.2) is 24.5 Å². The van der Waals surface area contributed by atoms with Crippen molar-refractivity contribution in [3.63, 3.8) is 0 Å². The molecule has 0 bridgehead atoms. The Morgan fingerprint density at radius 3 is 3.13 bits per heavy atom. The predicted molar refractivity (Wildman–Crippen MR) is 92.5 cm³/mol. The first-order valence-corrected chi connectivity index (χ1v) is 9.22. The zero-order valence-corrected chi connectivity index (χ0v) is 14.3. The van der Waals surface area contributed by atoms with Crippen LogP contribution in [0.4, 0.5) is 0 Å². The number of aryl methyl sites for hydroxylation is 1. The SMILES string of the molecule is Cc1ccc2nc(CSCC(=O)N3CCCC(CO)C3)cn2c1. The number of piperidine rings is 1. The van der Waals surface area contributed by atoms with Crippen LogP contribution < -0.4 is 0 Å². The van der Waals surface area contributed by atoms with Crippen molar-refractivity contribution in [1.82, 2.24) is 14.3 Å². The molecule has 1 aliphatic heterocycles.